The van der Waals surface area contributed by atoms with Crippen LogP contribution in [0, 0.1) is 11.8 Å². The molecular formula is C13H17ClN2O2. The molecule has 1 aromatic rings. The van der Waals surface area contributed by atoms with Crippen LogP contribution < -0.4 is 11.1 Å². The zero-order valence-corrected chi connectivity index (χ0v) is 11.0. The van der Waals surface area contributed by atoms with Crippen molar-refractivity contribution in [1.82, 2.24) is 5.32 Å². The van der Waals surface area contributed by atoms with Gasteiger partial charge in [0.2, 0.25) is 11.8 Å². The lowest BCUT2D eigenvalue weighted by molar-refractivity contribution is -0.132. The molecule has 0 saturated heterocycles. The molecule has 0 saturated carbocycles. The molecule has 1 heterocycles. The molecule has 2 atom stereocenters. The highest BCUT2D eigenvalue weighted by molar-refractivity contribution is 5.87. The second-order valence-electron chi connectivity index (χ2n) is 4.49. The first-order valence-corrected chi connectivity index (χ1v) is 5.73. The summed E-state index contributed by atoms with van der Waals surface area (Å²) in [6.07, 6.45) is 0.576. The molecule has 18 heavy (non-hydrogen) atoms. The molecule has 2 amide bonds. The number of nitrogens with two attached hydrogens (primary N) is 1. The minimum absolute atomic E-state index is 0. The summed E-state index contributed by atoms with van der Waals surface area (Å²) >= 11 is 0. The number of amides is 2. The van der Waals surface area contributed by atoms with Crippen LogP contribution in [-0.2, 0) is 22.6 Å². The molecule has 0 radical (unpaired) electrons. The Balaban J connectivity index is 0.00000162. The number of halogens is 1. The van der Waals surface area contributed by atoms with Gasteiger partial charge >= 0.3 is 0 Å². The highest BCUT2D eigenvalue weighted by Gasteiger charge is 2.31. The number of carbonyl (C=O) groups is 2. The fourth-order valence-corrected chi connectivity index (χ4v) is 2.17. The molecule has 0 bridgehead atoms. The number of carbonyl (C=O) groups excluding carboxylic acids is 2. The Bertz CT molecular complexity index is 462. The van der Waals surface area contributed by atoms with E-state index < -0.39 is 11.8 Å². The van der Waals surface area contributed by atoms with Gasteiger partial charge in [-0.15, -0.1) is 12.4 Å². The zero-order chi connectivity index (χ0) is 12.4. The summed E-state index contributed by atoms with van der Waals surface area (Å²) in [7, 11) is 0. The molecule has 0 aliphatic carbocycles. The predicted octanol–water partition coefficient (Wildman–Crippen LogP) is 1.02. The van der Waals surface area contributed by atoms with Gasteiger partial charge < -0.3 is 11.1 Å². The van der Waals surface area contributed by atoms with Gasteiger partial charge in [0.25, 0.3) is 0 Å². The summed E-state index contributed by atoms with van der Waals surface area (Å²) in [5.74, 6) is -1.32. The molecule has 4 nitrogen and oxygen atoms in total. The van der Waals surface area contributed by atoms with Gasteiger partial charge in [-0.2, -0.15) is 0 Å². The van der Waals surface area contributed by atoms with Crippen molar-refractivity contribution in [3.8, 4) is 0 Å². The minimum Gasteiger partial charge on any atom is -0.369 e. The normalized spacial score (nSPS) is 19.8. The molecule has 3 N–H and O–H groups in total. The van der Waals surface area contributed by atoms with Crippen LogP contribution in [0.15, 0.2) is 24.3 Å². The van der Waals surface area contributed by atoms with Crippen LogP contribution >= 0.6 is 12.4 Å². The molecule has 1 unspecified atom stereocenters. The van der Waals surface area contributed by atoms with Crippen LogP contribution in [0.5, 0.6) is 0 Å². The minimum atomic E-state index is -0.443. The van der Waals surface area contributed by atoms with Crippen LogP contribution in [0.2, 0.25) is 0 Å². The Morgan fingerprint density at radius 3 is 2.61 bits per heavy atom. The van der Waals surface area contributed by atoms with Gasteiger partial charge in [-0.3, -0.25) is 9.59 Å². The third-order valence-electron chi connectivity index (χ3n) is 3.40. The van der Waals surface area contributed by atoms with E-state index in [2.05, 4.69) is 5.32 Å². The first kappa shape index (κ1) is 14.5. The molecule has 0 aromatic heterocycles. The molecule has 98 valence electrons. The number of hydrogen-bond donors (Lipinski definition) is 2. The maximum Gasteiger partial charge on any atom is 0.224 e. The Morgan fingerprint density at radius 2 is 2.00 bits per heavy atom. The smallest absolute Gasteiger partial charge is 0.224 e. The third kappa shape index (κ3) is 2.82. The quantitative estimate of drug-likeness (QED) is 0.841. The van der Waals surface area contributed by atoms with Crippen molar-refractivity contribution < 1.29 is 9.59 Å². The highest BCUT2D eigenvalue weighted by Crippen LogP contribution is 2.23. The largest absolute Gasteiger partial charge is 0.369 e. The molecule has 5 heteroatoms. The third-order valence-corrected chi connectivity index (χ3v) is 3.40. The molecule has 1 aliphatic heterocycles. The van der Waals surface area contributed by atoms with Crippen molar-refractivity contribution in [1.29, 1.82) is 0 Å². The van der Waals surface area contributed by atoms with Crippen molar-refractivity contribution in [2.45, 2.75) is 19.9 Å². The van der Waals surface area contributed by atoms with Crippen molar-refractivity contribution in [3.63, 3.8) is 0 Å². The fourth-order valence-electron chi connectivity index (χ4n) is 2.17. The fraction of sp³-hybridized carbons (Fsp3) is 0.385. The molecule has 0 spiro atoms. The predicted molar refractivity (Wildman–Crippen MR) is 71.1 cm³/mol. The number of fused-ring (bicyclic) bond motifs is 1. The SMILES string of the molecule is CC(C(N)=O)[C@@H]1Cc2ccccc2CNC1=O.Cl. The average Bonchev–Trinajstić information content (AvgIpc) is 2.48. The standard InChI is InChI=1S/C13H16N2O2.ClH/c1-8(12(14)16)11-6-9-4-2-3-5-10(9)7-15-13(11)17;/h2-5,8,11H,6-7H2,1H3,(H2,14,16)(H,15,17);1H/t8?,11-;/m0./s1. The van der Waals surface area contributed by atoms with E-state index in [0.29, 0.717) is 13.0 Å². The lowest BCUT2D eigenvalue weighted by atomic mass is 9.86. The van der Waals surface area contributed by atoms with E-state index in [1.807, 2.05) is 24.3 Å². The summed E-state index contributed by atoms with van der Waals surface area (Å²) in [5.41, 5.74) is 7.51. The van der Waals surface area contributed by atoms with Gasteiger partial charge in [-0.25, -0.2) is 0 Å². The Labute approximate surface area is 112 Å². The summed E-state index contributed by atoms with van der Waals surface area (Å²) in [6.45, 7) is 2.23. The van der Waals surface area contributed by atoms with E-state index in [1.165, 1.54) is 0 Å². The van der Waals surface area contributed by atoms with Crippen LogP contribution in [-0.4, -0.2) is 11.8 Å². The number of hydrogen-bond acceptors (Lipinski definition) is 2. The Kier molecular flexibility index (Phi) is 4.73. The van der Waals surface area contributed by atoms with E-state index in [0.717, 1.165) is 11.1 Å². The van der Waals surface area contributed by atoms with E-state index in [-0.39, 0.29) is 24.2 Å². The van der Waals surface area contributed by atoms with Gasteiger partial charge in [-0.1, -0.05) is 31.2 Å². The number of primary amides is 1. The first-order chi connectivity index (χ1) is 8.09. The van der Waals surface area contributed by atoms with Crippen molar-refractivity contribution in [2.75, 3.05) is 0 Å². The Hall–Kier alpha value is -1.55. The topological polar surface area (TPSA) is 72.2 Å². The number of rotatable bonds is 2. The van der Waals surface area contributed by atoms with Crippen LogP contribution in [0.4, 0.5) is 0 Å². The number of nitrogens with one attached hydrogen (secondary N) is 1. The molecule has 1 aromatic carbocycles. The van der Waals surface area contributed by atoms with E-state index in [4.69, 9.17) is 5.73 Å². The van der Waals surface area contributed by atoms with Crippen LogP contribution in [0.1, 0.15) is 18.1 Å². The summed E-state index contributed by atoms with van der Waals surface area (Å²) in [4.78, 5) is 23.1. The summed E-state index contributed by atoms with van der Waals surface area (Å²) < 4.78 is 0. The summed E-state index contributed by atoms with van der Waals surface area (Å²) in [5, 5.41) is 2.84. The van der Waals surface area contributed by atoms with Gasteiger partial charge in [0, 0.05) is 12.5 Å². The lowest BCUT2D eigenvalue weighted by Crippen LogP contribution is -2.38. The second kappa shape index (κ2) is 5.87. The van der Waals surface area contributed by atoms with Gasteiger partial charge in [0.05, 0.1) is 5.92 Å². The molecule has 0 fully saturated rings. The Morgan fingerprint density at radius 1 is 1.39 bits per heavy atom. The monoisotopic (exact) mass is 268 g/mol. The van der Waals surface area contributed by atoms with Crippen molar-refractivity contribution in [2.24, 2.45) is 17.6 Å². The molecule has 1 aliphatic rings. The van der Waals surface area contributed by atoms with Crippen LogP contribution in [0.3, 0.4) is 0 Å². The summed E-state index contributed by atoms with van der Waals surface area (Å²) in [6, 6.07) is 7.88. The maximum absolute atomic E-state index is 11.9. The van der Waals surface area contributed by atoms with Gasteiger partial charge in [0.15, 0.2) is 0 Å². The average molecular weight is 269 g/mol. The highest BCUT2D eigenvalue weighted by atomic mass is 35.5. The number of benzene rings is 1. The lowest BCUT2D eigenvalue weighted by Gasteiger charge is -2.18. The van der Waals surface area contributed by atoms with Gasteiger partial charge in [-0.05, 0) is 17.5 Å². The van der Waals surface area contributed by atoms with E-state index >= 15 is 0 Å². The molecular weight excluding hydrogens is 252 g/mol. The van der Waals surface area contributed by atoms with Gasteiger partial charge in [0.1, 0.15) is 0 Å². The zero-order valence-electron chi connectivity index (χ0n) is 10.2. The maximum atomic E-state index is 11.9. The second-order valence-corrected chi connectivity index (χ2v) is 4.49. The van der Waals surface area contributed by atoms with Crippen molar-refractivity contribution in [3.05, 3.63) is 35.4 Å². The van der Waals surface area contributed by atoms with E-state index in [9.17, 15) is 9.59 Å². The van der Waals surface area contributed by atoms with Crippen LogP contribution in [0.25, 0.3) is 0 Å². The van der Waals surface area contributed by atoms with Crippen molar-refractivity contribution >= 4 is 24.2 Å². The first-order valence-electron chi connectivity index (χ1n) is 5.73. The van der Waals surface area contributed by atoms with E-state index in [1.54, 1.807) is 6.92 Å². The molecule has 2 rings (SSSR count).